The minimum Gasteiger partial charge on any atom is -0.469 e. The summed E-state index contributed by atoms with van der Waals surface area (Å²) in [7, 11) is 0. The lowest BCUT2D eigenvalue weighted by Gasteiger charge is -2.26. The molecule has 0 spiro atoms. The van der Waals surface area contributed by atoms with Crippen molar-refractivity contribution in [3.8, 4) is 27.7 Å². The number of pyridine rings is 2. The molecule has 5 rings (SSSR count). The maximum absolute atomic E-state index is 13.3. The van der Waals surface area contributed by atoms with Gasteiger partial charge in [0, 0.05) is 34.1 Å². The van der Waals surface area contributed by atoms with Gasteiger partial charge in [-0.25, -0.2) is 15.0 Å². The van der Waals surface area contributed by atoms with E-state index in [1.165, 1.54) is 28.8 Å². The number of alkyl halides is 3. The van der Waals surface area contributed by atoms with E-state index in [1.54, 1.807) is 6.20 Å². The smallest absolute Gasteiger partial charge is 0.397 e. The van der Waals surface area contributed by atoms with Gasteiger partial charge in [-0.1, -0.05) is 48.4 Å². The highest BCUT2D eigenvalue weighted by molar-refractivity contribution is 8.00. The lowest BCUT2D eigenvalue weighted by atomic mass is 9.94. The number of hydrogen-bond donors (Lipinski definition) is 2. The van der Waals surface area contributed by atoms with Gasteiger partial charge >= 0.3 is 6.18 Å². The van der Waals surface area contributed by atoms with Gasteiger partial charge in [0.1, 0.15) is 18.2 Å². The van der Waals surface area contributed by atoms with Crippen molar-refractivity contribution in [3.05, 3.63) is 65.7 Å². The van der Waals surface area contributed by atoms with Gasteiger partial charge in [0.25, 0.3) is 5.19 Å². The summed E-state index contributed by atoms with van der Waals surface area (Å²) in [5.74, 6) is 1.52. The van der Waals surface area contributed by atoms with Gasteiger partial charge in [-0.15, -0.1) is 0 Å². The second-order valence-corrected chi connectivity index (χ2v) is 12.3. The Labute approximate surface area is 246 Å². The molecule has 4 bridgehead atoms. The number of benzene rings is 1. The topological polar surface area (TPSA) is 72.0 Å². The Morgan fingerprint density at radius 1 is 0.927 bits per heavy atom. The average molecular weight is 600 g/mol. The van der Waals surface area contributed by atoms with Gasteiger partial charge in [0.15, 0.2) is 0 Å². The van der Waals surface area contributed by atoms with Gasteiger partial charge in [0.05, 0.1) is 16.8 Å². The normalized spacial score (nSPS) is 14.8. The first-order valence-electron chi connectivity index (χ1n) is 13.6. The van der Waals surface area contributed by atoms with Crippen LogP contribution in [0.25, 0.3) is 22.5 Å². The molecule has 1 aromatic carbocycles. The average Bonchev–Trinajstić information content (AvgIpc) is 3.43. The van der Waals surface area contributed by atoms with Crippen LogP contribution >= 0.6 is 23.3 Å². The maximum atomic E-state index is 13.3. The number of aromatic nitrogens is 3. The molecule has 1 aliphatic rings. The maximum Gasteiger partial charge on any atom is 0.397 e. The fourth-order valence-corrected chi connectivity index (χ4v) is 5.67. The monoisotopic (exact) mass is 599 g/mol. The second kappa shape index (κ2) is 12.7. The summed E-state index contributed by atoms with van der Waals surface area (Å²) >= 11 is 2.63. The first kappa shape index (κ1) is 29.2. The highest BCUT2D eigenvalue weighted by Crippen LogP contribution is 2.40. The third kappa shape index (κ3) is 7.32. The molecule has 3 aromatic heterocycles. The molecule has 0 radical (unpaired) electrons. The number of aryl methyl sites for hydroxylation is 1. The number of ether oxygens (including phenoxy) is 1. The number of halogens is 3. The fourth-order valence-electron chi connectivity index (χ4n) is 4.36. The van der Waals surface area contributed by atoms with Gasteiger partial charge in [-0.2, -0.15) is 13.2 Å². The Morgan fingerprint density at radius 3 is 2.61 bits per heavy atom. The Balaban J connectivity index is 1.48. The van der Waals surface area contributed by atoms with Crippen LogP contribution in [-0.4, -0.2) is 34.3 Å². The Morgan fingerprint density at radius 2 is 1.76 bits per heavy atom. The van der Waals surface area contributed by atoms with E-state index in [4.69, 9.17) is 9.72 Å². The Bertz CT molecular complexity index is 1470. The van der Waals surface area contributed by atoms with Crippen molar-refractivity contribution in [2.45, 2.75) is 57.0 Å². The number of thiazole rings is 1. The summed E-state index contributed by atoms with van der Waals surface area (Å²) in [6.45, 7) is 2.61. The van der Waals surface area contributed by atoms with Crippen LogP contribution in [-0.2, 0) is 6.42 Å². The van der Waals surface area contributed by atoms with E-state index in [0.717, 1.165) is 80.0 Å². The van der Waals surface area contributed by atoms with Crippen LogP contribution in [0, 0.1) is 5.41 Å². The number of fused-ring (bicyclic) bond motifs is 6. The van der Waals surface area contributed by atoms with Crippen LogP contribution in [0.15, 0.2) is 65.0 Å². The molecule has 2 N–H and O–H groups in total. The predicted molar refractivity (Wildman–Crippen MR) is 160 cm³/mol. The first-order chi connectivity index (χ1) is 19.7. The lowest BCUT2D eigenvalue weighted by Crippen LogP contribution is -2.37. The molecule has 11 heteroatoms. The molecule has 0 atom stereocenters. The van der Waals surface area contributed by atoms with E-state index in [0.29, 0.717) is 11.5 Å². The molecule has 0 aliphatic carbocycles. The van der Waals surface area contributed by atoms with Crippen molar-refractivity contribution in [2.24, 2.45) is 5.41 Å². The van der Waals surface area contributed by atoms with Crippen molar-refractivity contribution in [1.29, 1.82) is 0 Å². The highest BCUT2D eigenvalue weighted by atomic mass is 32.2. The van der Waals surface area contributed by atoms with Gasteiger partial charge < -0.3 is 14.8 Å². The van der Waals surface area contributed by atoms with Gasteiger partial charge in [0.2, 0.25) is 0 Å². The molecular formula is C30H32F3N5OS2. The number of hydrogen-bond acceptors (Lipinski definition) is 8. The molecule has 0 unspecified atom stereocenters. The van der Waals surface area contributed by atoms with Crippen LogP contribution in [0.5, 0.6) is 5.19 Å². The first-order valence-corrected chi connectivity index (χ1v) is 15.3. The lowest BCUT2D eigenvalue weighted by molar-refractivity contribution is -0.219. The summed E-state index contributed by atoms with van der Waals surface area (Å²) in [5, 5.41) is 5.42. The number of rotatable bonds is 4. The van der Waals surface area contributed by atoms with Crippen molar-refractivity contribution in [2.75, 3.05) is 23.2 Å². The van der Waals surface area contributed by atoms with Crippen LogP contribution in [0.3, 0.4) is 0 Å². The second-order valence-electron chi connectivity index (χ2n) is 10.6. The quantitative estimate of drug-likeness (QED) is 0.227. The molecule has 4 aromatic rings. The van der Waals surface area contributed by atoms with E-state index in [9.17, 15) is 13.2 Å². The summed E-state index contributed by atoms with van der Waals surface area (Å²) in [6.07, 6.45) is 2.69. The standard InChI is InChI=1S/C30H32F3N5OS2/c1-29(2,30(31,32)33)19-39-28-36-24(18-40-28)23-12-13-25-37-27(23)22-11-7-6-10-20(22)9-5-3-4-8-15-34-26-17-21(41-38-25)14-16-35-26/h6-7,10-14,16-18H,3-5,8-9,15,19H2,1-2H3,(H,34,35)(H,37,38). The zero-order chi connectivity index (χ0) is 28.9. The molecule has 0 amide bonds. The third-order valence-corrected chi connectivity index (χ3v) is 8.49. The largest absolute Gasteiger partial charge is 0.469 e. The summed E-state index contributed by atoms with van der Waals surface area (Å²) in [6, 6.07) is 16.0. The van der Waals surface area contributed by atoms with Crippen LogP contribution in [0.2, 0.25) is 0 Å². The minimum atomic E-state index is -4.37. The van der Waals surface area contributed by atoms with Crippen molar-refractivity contribution < 1.29 is 17.9 Å². The van der Waals surface area contributed by atoms with Crippen LogP contribution < -0.4 is 14.8 Å². The molecule has 0 fully saturated rings. The summed E-state index contributed by atoms with van der Waals surface area (Å²) < 4.78 is 48.9. The molecule has 6 nitrogen and oxygen atoms in total. The molecule has 41 heavy (non-hydrogen) atoms. The zero-order valence-corrected chi connectivity index (χ0v) is 24.6. The Kier molecular flexibility index (Phi) is 9.03. The molecule has 0 saturated heterocycles. The van der Waals surface area contributed by atoms with Crippen molar-refractivity contribution in [1.82, 2.24) is 15.0 Å². The molecule has 0 saturated carbocycles. The van der Waals surface area contributed by atoms with E-state index >= 15 is 0 Å². The molecule has 1 aliphatic heterocycles. The Hall–Kier alpha value is -3.31. The SMILES string of the molecule is CC(C)(COc1nc(-c2ccc3nc2-c2ccccc2CCCCCCNc2cc(ccn2)SN3)cs1)C(F)(F)F. The van der Waals surface area contributed by atoms with E-state index < -0.39 is 18.2 Å². The van der Waals surface area contributed by atoms with E-state index in [2.05, 4.69) is 32.1 Å². The minimum absolute atomic E-state index is 0.196. The number of anilines is 2. The molecule has 216 valence electrons. The summed E-state index contributed by atoms with van der Waals surface area (Å²) in [5.41, 5.74) is 2.40. The highest BCUT2D eigenvalue weighted by Gasteiger charge is 2.48. The molecule has 4 heterocycles. The number of nitrogens with zero attached hydrogens (tertiary/aromatic N) is 3. The van der Waals surface area contributed by atoms with Gasteiger partial charge in [-0.3, -0.25) is 0 Å². The number of nitrogens with one attached hydrogen (secondary N) is 2. The zero-order valence-electron chi connectivity index (χ0n) is 22.9. The van der Waals surface area contributed by atoms with Crippen molar-refractivity contribution >= 4 is 34.9 Å². The fraction of sp³-hybridized carbons (Fsp3) is 0.367. The van der Waals surface area contributed by atoms with Crippen LogP contribution in [0.4, 0.5) is 24.8 Å². The third-order valence-electron chi connectivity index (χ3n) is 6.93. The van der Waals surface area contributed by atoms with E-state index in [-0.39, 0.29) is 5.19 Å². The van der Waals surface area contributed by atoms with E-state index in [1.807, 2.05) is 41.8 Å². The van der Waals surface area contributed by atoms with Crippen molar-refractivity contribution in [3.63, 3.8) is 0 Å². The summed E-state index contributed by atoms with van der Waals surface area (Å²) in [4.78, 5) is 15.0. The predicted octanol–water partition coefficient (Wildman–Crippen LogP) is 8.88. The van der Waals surface area contributed by atoms with Gasteiger partial charge in [-0.05, 0) is 74.9 Å². The van der Waals surface area contributed by atoms with Crippen LogP contribution in [0.1, 0.15) is 45.1 Å². The molecular weight excluding hydrogens is 567 g/mol.